The van der Waals surface area contributed by atoms with Crippen LogP contribution in [0.5, 0.6) is 0 Å². The normalized spacial score (nSPS) is 12.8. The Balaban J connectivity index is 0.880. The fourth-order valence-corrected chi connectivity index (χ4v) is 9.36. The van der Waals surface area contributed by atoms with Crippen LogP contribution >= 0.6 is 0 Å². The number of fused-ring (bicyclic) bond motifs is 9. The molecule has 12 rings (SSSR count). The predicted octanol–water partition coefficient (Wildman–Crippen LogP) is 15.2. The van der Waals surface area contributed by atoms with Gasteiger partial charge in [-0.05, 0) is 152 Å². The third-order valence-corrected chi connectivity index (χ3v) is 12.3. The number of nitrogens with zero attached hydrogens (tertiary/aromatic N) is 1. The Hall–Kier alpha value is -7.42. The van der Waals surface area contributed by atoms with Crippen LogP contribution in [0.25, 0.3) is 77.7 Å². The summed E-state index contributed by atoms with van der Waals surface area (Å²) in [6, 6.07) is 70.7. The second kappa shape index (κ2) is 13.1. The lowest BCUT2D eigenvalue weighted by Crippen LogP contribution is -2.10. The van der Waals surface area contributed by atoms with E-state index in [0.29, 0.717) is 0 Å². The molecule has 0 aliphatic heterocycles. The first-order chi connectivity index (χ1) is 28.7. The average molecular weight is 740 g/mol. The average Bonchev–Trinajstić information content (AvgIpc) is 4.00. The minimum Gasteiger partial charge on any atom is -0.455 e. The summed E-state index contributed by atoms with van der Waals surface area (Å²) in [6.45, 7) is 0. The molecule has 2 aliphatic carbocycles. The van der Waals surface area contributed by atoms with Crippen molar-refractivity contribution in [1.29, 1.82) is 0 Å². The molecule has 0 spiro atoms. The number of para-hydroxylation sites is 1. The number of benzene rings is 9. The summed E-state index contributed by atoms with van der Waals surface area (Å²) in [5.74, 6) is 0. The summed E-state index contributed by atoms with van der Waals surface area (Å²) in [7, 11) is 0. The minimum absolute atomic E-state index is 0.909. The smallest absolute Gasteiger partial charge is 0.143 e. The molecule has 10 aromatic rings. The van der Waals surface area contributed by atoms with Crippen molar-refractivity contribution >= 4 is 61.4 Å². The number of furan rings is 1. The first-order valence-corrected chi connectivity index (χ1v) is 20.2. The molecule has 9 aromatic carbocycles. The predicted molar refractivity (Wildman–Crippen MR) is 243 cm³/mol. The van der Waals surface area contributed by atoms with Crippen molar-refractivity contribution in [2.75, 3.05) is 4.90 Å². The zero-order chi connectivity index (χ0) is 38.2. The highest BCUT2D eigenvalue weighted by Crippen LogP contribution is 2.43. The maximum absolute atomic E-state index is 6.77. The van der Waals surface area contributed by atoms with E-state index < -0.39 is 0 Å². The molecule has 0 radical (unpaired) electrons. The molecule has 0 fully saturated rings. The molecule has 1 aromatic heterocycles. The summed E-state index contributed by atoms with van der Waals surface area (Å²) in [5.41, 5.74) is 20.8. The molecular formula is C56H37NO. The van der Waals surface area contributed by atoms with E-state index in [1.54, 1.807) is 0 Å². The van der Waals surface area contributed by atoms with Crippen LogP contribution in [-0.2, 0) is 12.8 Å². The topological polar surface area (TPSA) is 16.4 Å². The van der Waals surface area contributed by atoms with E-state index in [2.05, 4.69) is 205 Å². The SMILES string of the molecule is C1=C(c2ccccc2)Cc2ccc(-c3ccc4c(c3)oc3c5cc(-c6ccc(N(c7ccccc7)c7ccc8c(c7)Cc7ccccc7-8)cc6)ccc5ccc43)cc21. The third-order valence-electron chi connectivity index (χ3n) is 12.3. The molecule has 0 unspecified atom stereocenters. The highest BCUT2D eigenvalue weighted by atomic mass is 16.3. The van der Waals surface area contributed by atoms with Gasteiger partial charge in [0.2, 0.25) is 0 Å². The summed E-state index contributed by atoms with van der Waals surface area (Å²) < 4.78 is 6.77. The number of hydrogen-bond donors (Lipinski definition) is 0. The van der Waals surface area contributed by atoms with E-state index in [1.165, 1.54) is 61.0 Å². The van der Waals surface area contributed by atoms with Crippen LogP contribution in [0.15, 0.2) is 199 Å². The Morgan fingerprint density at radius 2 is 1.03 bits per heavy atom. The molecule has 2 nitrogen and oxygen atoms in total. The Kier molecular flexibility index (Phi) is 7.39. The summed E-state index contributed by atoms with van der Waals surface area (Å²) in [5, 5.41) is 4.57. The van der Waals surface area contributed by atoms with Crippen LogP contribution in [0.2, 0.25) is 0 Å². The van der Waals surface area contributed by atoms with Gasteiger partial charge in [0, 0.05) is 33.2 Å². The van der Waals surface area contributed by atoms with Crippen LogP contribution in [0, 0.1) is 0 Å². The Labute approximate surface area is 337 Å². The number of rotatable bonds is 6. The lowest BCUT2D eigenvalue weighted by atomic mass is 9.98. The van der Waals surface area contributed by atoms with E-state index in [-0.39, 0.29) is 0 Å². The molecule has 0 amide bonds. The van der Waals surface area contributed by atoms with Crippen molar-refractivity contribution in [2.45, 2.75) is 12.8 Å². The highest BCUT2D eigenvalue weighted by Gasteiger charge is 2.21. The lowest BCUT2D eigenvalue weighted by Gasteiger charge is -2.26. The van der Waals surface area contributed by atoms with Gasteiger partial charge in [-0.25, -0.2) is 0 Å². The zero-order valence-electron chi connectivity index (χ0n) is 31.8. The van der Waals surface area contributed by atoms with E-state index in [0.717, 1.165) is 68.4 Å². The second-order valence-electron chi connectivity index (χ2n) is 15.7. The van der Waals surface area contributed by atoms with Crippen LogP contribution in [0.1, 0.15) is 27.8 Å². The van der Waals surface area contributed by atoms with Gasteiger partial charge in [-0.15, -0.1) is 0 Å². The Morgan fingerprint density at radius 1 is 0.379 bits per heavy atom. The first-order valence-electron chi connectivity index (χ1n) is 20.2. The van der Waals surface area contributed by atoms with Crippen LogP contribution < -0.4 is 4.90 Å². The van der Waals surface area contributed by atoms with Crippen molar-refractivity contribution in [1.82, 2.24) is 0 Å². The summed E-state index contributed by atoms with van der Waals surface area (Å²) in [4.78, 5) is 2.36. The van der Waals surface area contributed by atoms with Gasteiger partial charge in [-0.2, -0.15) is 0 Å². The van der Waals surface area contributed by atoms with Gasteiger partial charge in [0.05, 0.1) is 0 Å². The lowest BCUT2D eigenvalue weighted by molar-refractivity contribution is 0.673. The fraction of sp³-hybridized carbons (Fsp3) is 0.0357. The van der Waals surface area contributed by atoms with Crippen molar-refractivity contribution in [3.63, 3.8) is 0 Å². The molecule has 272 valence electrons. The van der Waals surface area contributed by atoms with Crippen molar-refractivity contribution in [3.05, 3.63) is 222 Å². The fourth-order valence-electron chi connectivity index (χ4n) is 9.36. The van der Waals surface area contributed by atoms with Gasteiger partial charge in [0.15, 0.2) is 0 Å². The molecule has 58 heavy (non-hydrogen) atoms. The quantitative estimate of drug-likeness (QED) is 0.169. The minimum atomic E-state index is 0.909. The highest BCUT2D eigenvalue weighted by molar-refractivity contribution is 6.16. The largest absolute Gasteiger partial charge is 0.455 e. The van der Waals surface area contributed by atoms with Gasteiger partial charge in [0.25, 0.3) is 0 Å². The van der Waals surface area contributed by atoms with Crippen molar-refractivity contribution < 1.29 is 4.42 Å². The molecule has 0 N–H and O–H groups in total. The van der Waals surface area contributed by atoms with Crippen molar-refractivity contribution in [2.24, 2.45) is 0 Å². The number of anilines is 3. The van der Waals surface area contributed by atoms with Crippen LogP contribution in [-0.4, -0.2) is 0 Å². The Morgan fingerprint density at radius 3 is 1.91 bits per heavy atom. The standard InChI is InChI=1S/C56H37NO/c1-3-9-36(10-4-1)44-30-40-18-17-39(29-45(40)32-44)42-22-26-52-53-27-21-38-15-16-41(34-54(38)56(53)58-55(52)35-42)37-19-23-48(24-20-37)57(47-12-5-2-6-13-47)49-25-28-51-46(33-49)31-43-11-7-8-14-50(43)51/h1-29,32-35H,30-31H2. The second-order valence-corrected chi connectivity index (χ2v) is 15.7. The maximum Gasteiger partial charge on any atom is 0.143 e. The van der Waals surface area contributed by atoms with E-state index in [4.69, 9.17) is 4.42 Å². The van der Waals surface area contributed by atoms with Gasteiger partial charge in [-0.1, -0.05) is 133 Å². The molecule has 1 heterocycles. The van der Waals surface area contributed by atoms with Gasteiger partial charge in [-0.3, -0.25) is 0 Å². The van der Waals surface area contributed by atoms with E-state index in [9.17, 15) is 0 Å². The molecule has 0 saturated carbocycles. The van der Waals surface area contributed by atoms with Crippen molar-refractivity contribution in [3.8, 4) is 33.4 Å². The summed E-state index contributed by atoms with van der Waals surface area (Å²) in [6.07, 6.45) is 4.28. The molecule has 0 saturated heterocycles. The monoisotopic (exact) mass is 739 g/mol. The maximum atomic E-state index is 6.77. The summed E-state index contributed by atoms with van der Waals surface area (Å²) >= 11 is 0. The molecule has 0 atom stereocenters. The Bertz CT molecular complexity index is 3260. The zero-order valence-corrected chi connectivity index (χ0v) is 31.8. The van der Waals surface area contributed by atoms with Gasteiger partial charge >= 0.3 is 0 Å². The van der Waals surface area contributed by atoms with Crippen LogP contribution in [0.3, 0.4) is 0 Å². The van der Waals surface area contributed by atoms with E-state index >= 15 is 0 Å². The first kappa shape index (κ1) is 32.8. The van der Waals surface area contributed by atoms with Crippen LogP contribution in [0.4, 0.5) is 17.1 Å². The third kappa shape index (κ3) is 5.41. The van der Waals surface area contributed by atoms with E-state index in [1.807, 2.05) is 0 Å². The number of hydrogen-bond acceptors (Lipinski definition) is 2. The molecule has 2 aliphatic rings. The molecular weight excluding hydrogens is 703 g/mol. The van der Waals surface area contributed by atoms with Gasteiger partial charge < -0.3 is 9.32 Å². The van der Waals surface area contributed by atoms with Gasteiger partial charge in [0.1, 0.15) is 11.2 Å². The molecule has 2 heteroatoms. The molecule has 0 bridgehead atoms. The number of allylic oxidation sites excluding steroid dienone is 1.